The normalized spacial score (nSPS) is 42.0. The van der Waals surface area contributed by atoms with E-state index in [9.17, 15) is 4.55 Å². The summed E-state index contributed by atoms with van der Waals surface area (Å²) in [6.07, 6.45) is 2.12. The Morgan fingerprint density at radius 3 is 2.71 bits per heavy atom. The zero-order valence-corrected chi connectivity index (χ0v) is 5.20. The first-order chi connectivity index (χ1) is 3.29. The number of hydrogen-bond acceptors (Lipinski definition) is 1. The molecule has 1 nitrogen and oxygen atoms in total. The van der Waals surface area contributed by atoms with Crippen molar-refractivity contribution in [3.63, 3.8) is 0 Å². The van der Waals surface area contributed by atoms with Gasteiger partial charge in [-0.1, -0.05) is 18.1 Å². The quantitative estimate of drug-likeness (QED) is 0.426. The van der Waals surface area contributed by atoms with Crippen LogP contribution in [0, 0.1) is 12.3 Å². The molecule has 2 unspecified atom stereocenters. The molecule has 1 radical (unpaired) electrons. The van der Waals surface area contributed by atoms with Crippen molar-refractivity contribution in [2.24, 2.45) is 5.92 Å². The summed E-state index contributed by atoms with van der Waals surface area (Å²) in [7, 11) is 0. The minimum absolute atomic E-state index is 0.508. The number of hydrogen-bond donors (Lipinski definition) is 0. The lowest BCUT2D eigenvalue weighted by Crippen LogP contribution is -2.01. The van der Waals surface area contributed by atoms with Crippen molar-refractivity contribution in [3.05, 3.63) is 6.42 Å². The van der Waals surface area contributed by atoms with E-state index in [0.29, 0.717) is 5.92 Å². The molecule has 1 aliphatic heterocycles. The molecule has 0 amide bonds. The Labute approximate surface area is 47.3 Å². The van der Waals surface area contributed by atoms with Gasteiger partial charge in [-0.05, 0) is 0 Å². The van der Waals surface area contributed by atoms with E-state index in [2.05, 4.69) is 13.3 Å². The van der Waals surface area contributed by atoms with E-state index in [1.165, 1.54) is 0 Å². The van der Waals surface area contributed by atoms with Gasteiger partial charge < -0.3 is 4.55 Å². The van der Waals surface area contributed by atoms with Crippen LogP contribution in [-0.2, 0) is 11.2 Å². The molecule has 41 valence electrons. The lowest BCUT2D eigenvalue weighted by molar-refractivity contribution is 0.598. The van der Waals surface area contributed by atoms with E-state index in [1.54, 1.807) is 0 Å². The van der Waals surface area contributed by atoms with Crippen LogP contribution in [0.4, 0.5) is 0 Å². The topological polar surface area (TPSA) is 23.1 Å². The molecular weight excluding hydrogens is 108 g/mol. The Balaban J connectivity index is 2.26. The predicted octanol–water partition coefficient (Wildman–Crippen LogP) is 0.589. The molecule has 2 heteroatoms. The van der Waals surface area contributed by atoms with Crippen LogP contribution in [0.1, 0.15) is 6.92 Å². The highest BCUT2D eigenvalue weighted by atomic mass is 32.2. The van der Waals surface area contributed by atoms with Gasteiger partial charge in [0.05, 0.1) is 0 Å². The van der Waals surface area contributed by atoms with Gasteiger partial charge in [-0.3, -0.25) is 0 Å². The van der Waals surface area contributed by atoms with E-state index in [4.69, 9.17) is 0 Å². The third kappa shape index (κ3) is 1.35. The summed E-state index contributed by atoms with van der Waals surface area (Å²) in [6, 6.07) is 0. The molecule has 0 spiro atoms. The minimum atomic E-state index is -0.508. The van der Waals surface area contributed by atoms with Crippen molar-refractivity contribution in [2.45, 2.75) is 6.92 Å². The molecule has 1 aliphatic rings. The Hall–Kier alpha value is 0.310. The zero-order valence-electron chi connectivity index (χ0n) is 4.39. The summed E-state index contributed by atoms with van der Waals surface area (Å²) < 4.78 is 10.5. The van der Waals surface area contributed by atoms with E-state index in [0.717, 1.165) is 11.5 Å². The maximum Gasteiger partial charge on any atom is 0.109 e. The summed E-state index contributed by atoms with van der Waals surface area (Å²) >= 11 is -0.508. The third-order valence-corrected chi connectivity index (χ3v) is 2.60. The SMILES string of the molecule is CC1[CH]C[S+]([O-])C1. The molecule has 0 aliphatic carbocycles. The second kappa shape index (κ2) is 2.05. The van der Waals surface area contributed by atoms with Crippen LogP contribution in [0.25, 0.3) is 0 Å². The molecule has 0 saturated carbocycles. The lowest BCUT2D eigenvalue weighted by Gasteiger charge is -1.98. The maximum absolute atomic E-state index is 10.5. The minimum Gasteiger partial charge on any atom is -0.616 e. The van der Waals surface area contributed by atoms with Crippen molar-refractivity contribution >= 4 is 11.2 Å². The van der Waals surface area contributed by atoms with Crippen LogP contribution < -0.4 is 0 Å². The number of rotatable bonds is 0. The highest BCUT2D eigenvalue weighted by Crippen LogP contribution is 2.15. The van der Waals surface area contributed by atoms with Crippen molar-refractivity contribution in [2.75, 3.05) is 11.5 Å². The average Bonchev–Trinajstić information content (AvgIpc) is 1.87. The van der Waals surface area contributed by atoms with Crippen molar-refractivity contribution in [3.8, 4) is 0 Å². The molecule has 2 atom stereocenters. The van der Waals surface area contributed by atoms with Crippen molar-refractivity contribution in [1.29, 1.82) is 0 Å². The molecule has 1 fully saturated rings. The molecule has 0 aromatic heterocycles. The predicted molar refractivity (Wildman–Crippen MR) is 31.3 cm³/mol. The van der Waals surface area contributed by atoms with Gasteiger partial charge in [0.25, 0.3) is 0 Å². The van der Waals surface area contributed by atoms with E-state index in [-0.39, 0.29) is 0 Å². The highest BCUT2D eigenvalue weighted by Gasteiger charge is 2.21. The Morgan fingerprint density at radius 1 is 1.86 bits per heavy atom. The summed E-state index contributed by atoms with van der Waals surface area (Å²) in [4.78, 5) is 0. The van der Waals surface area contributed by atoms with Crippen LogP contribution >= 0.6 is 0 Å². The molecule has 7 heavy (non-hydrogen) atoms. The molecule has 0 N–H and O–H groups in total. The van der Waals surface area contributed by atoms with Crippen molar-refractivity contribution in [1.82, 2.24) is 0 Å². The fourth-order valence-corrected chi connectivity index (χ4v) is 2.10. The molecule has 0 bridgehead atoms. The Kier molecular flexibility index (Phi) is 1.60. The summed E-state index contributed by atoms with van der Waals surface area (Å²) in [5.41, 5.74) is 0. The monoisotopic (exact) mass is 117 g/mol. The first kappa shape index (κ1) is 5.45. The van der Waals surface area contributed by atoms with Gasteiger partial charge in [0.1, 0.15) is 11.5 Å². The largest absolute Gasteiger partial charge is 0.616 e. The van der Waals surface area contributed by atoms with Gasteiger partial charge in [0.15, 0.2) is 0 Å². The fourth-order valence-electron chi connectivity index (χ4n) is 0.701. The van der Waals surface area contributed by atoms with Gasteiger partial charge in [-0.25, -0.2) is 0 Å². The van der Waals surface area contributed by atoms with E-state index < -0.39 is 11.2 Å². The molecular formula is C5H9OS. The highest BCUT2D eigenvalue weighted by molar-refractivity contribution is 7.91. The Morgan fingerprint density at radius 2 is 2.57 bits per heavy atom. The molecule has 1 heterocycles. The van der Waals surface area contributed by atoms with Gasteiger partial charge in [0.2, 0.25) is 0 Å². The Bertz CT molecular complexity index is 57.1. The van der Waals surface area contributed by atoms with Gasteiger partial charge in [-0.15, -0.1) is 0 Å². The molecule has 1 saturated heterocycles. The third-order valence-electron chi connectivity index (χ3n) is 1.13. The smallest absolute Gasteiger partial charge is 0.109 e. The van der Waals surface area contributed by atoms with E-state index in [1.807, 2.05) is 0 Å². The van der Waals surface area contributed by atoms with Crippen LogP contribution in [0.15, 0.2) is 0 Å². The van der Waals surface area contributed by atoms with Crippen LogP contribution in [0.2, 0.25) is 0 Å². The standard InChI is InChI=1S/C5H9OS/c1-5-2-3-7(6)4-5/h2,5H,3-4H2,1H3. The molecule has 0 aromatic rings. The molecule has 0 aromatic carbocycles. The lowest BCUT2D eigenvalue weighted by atomic mass is 10.2. The van der Waals surface area contributed by atoms with Gasteiger partial charge >= 0.3 is 0 Å². The summed E-state index contributed by atoms with van der Waals surface area (Å²) in [5, 5.41) is 0. The second-order valence-electron chi connectivity index (χ2n) is 1.99. The fraction of sp³-hybridized carbons (Fsp3) is 0.800. The second-order valence-corrected chi connectivity index (χ2v) is 3.53. The first-order valence-corrected chi connectivity index (χ1v) is 3.96. The first-order valence-electron chi connectivity index (χ1n) is 2.47. The van der Waals surface area contributed by atoms with Gasteiger partial charge in [0, 0.05) is 12.3 Å². The summed E-state index contributed by atoms with van der Waals surface area (Å²) in [5.74, 6) is 2.31. The van der Waals surface area contributed by atoms with Crippen LogP contribution in [0.3, 0.4) is 0 Å². The summed E-state index contributed by atoms with van der Waals surface area (Å²) in [6.45, 7) is 2.10. The van der Waals surface area contributed by atoms with Crippen molar-refractivity contribution < 1.29 is 4.55 Å². The maximum atomic E-state index is 10.5. The zero-order chi connectivity index (χ0) is 5.28. The van der Waals surface area contributed by atoms with Crippen LogP contribution in [0.5, 0.6) is 0 Å². The van der Waals surface area contributed by atoms with E-state index >= 15 is 0 Å². The van der Waals surface area contributed by atoms with Crippen LogP contribution in [-0.4, -0.2) is 16.1 Å². The average molecular weight is 117 g/mol. The molecule has 1 rings (SSSR count). The van der Waals surface area contributed by atoms with Gasteiger partial charge in [-0.2, -0.15) is 0 Å².